The molecule has 0 heterocycles. The van der Waals surface area contributed by atoms with Gasteiger partial charge in [-0.2, -0.15) is 0 Å². The van der Waals surface area contributed by atoms with Crippen molar-refractivity contribution in [1.29, 1.82) is 0 Å². The molecule has 1 unspecified atom stereocenters. The molecule has 3 atom stereocenters. The van der Waals surface area contributed by atoms with Crippen molar-refractivity contribution >= 4 is 40.2 Å². The second kappa shape index (κ2) is 12.0. The first-order valence-corrected chi connectivity index (χ1v) is 11.1. The summed E-state index contributed by atoms with van der Waals surface area (Å²) in [4.78, 5) is 12.8. The van der Waals surface area contributed by atoms with E-state index in [1.807, 2.05) is 39.0 Å². The Morgan fingerprint density at radius 3 is 2.23 bits per heavy atom. The van der Waals surface area contributed by atoms with E-state index in [0.29, 0.717) is 36.8 Å². The van der Waals surface area contributed by atoms with Gasteiger partial charge in [-0.25, -0.2) is 8.93 Å². The molecule has 7 heteroatoms. The third-order valence-electron chi connectivity index (χ3n) is 3.86. The summed E-state index contributed by atoms with van der Waals surface area (Å²) in [6, 6.07) is 8.69. The summed E-state index contributed by atoms with van der Waals surface area (Å²) in [7, 11) is -1.29. The Labute approximate surface area is 169 Å². The molecule has 0 amide bonds. The number of halogens is 2. The normalized spacial score (nSPS) is 15.3. The summed E-state index contributed by atoms with van der Waals surface area (Å²) in [6.07, 6.45) is 2.60. The van der Waals surface area contributed by atoms with Crippen molar-refractivity contribution in [1.82, 2.24) is 4.72 Å². The first-order chi connectivity index (χ1) is 12.3. The zero-order chi connectivity index (χ0) is 19.6. The number of carbonyl (C=O) groups is 1. The Balaban J connectivity index is 2.96. The molecule has 0 aliphatic rings. The fourth-order valence-electron chi connectivity index (χ4n) is 2.41. The van der Waals surface area contributed by atoms with Crippen LogP contribution in [0.15, 0.2) is 30.3 Å². The van der Waals surface area contributed by atoms with Gasteiger partial charge >= 0.3 is 5.97 Å². The minimum atomic E-state index is -1.29. The highest BCUT2D eigenvalue weighted by molar-refractivity contribution is 7.84. The first kappa shape index (κ1) is 23.4. The van der Waals surface area contributed by atoms with E-state index in [0.717, 1.165) is 6.42 Å². The van der Waals surface area contributed by atoms with E-state index < -0.39 is 21.7 Å². The maximum atomic E-state index is 12.8. The molecule has 148 valence electrons. The second-order valence-corrected chi connectivity index (χ2v) is 9.86. The summed E-state index contributed by atoms with van der Waals surface area (Å²) in [6.45, 7) is 5.68. The number of benzene rings is 1. The maximum Gasteiger partial charge on any atom is 0.315 e. The van der Waals surface area contributed by atoms with Crippen molar-refractivity contribution < 1.29 is 13.7 Å². The van der Waals surface area contributed by atoms with E-state index in [-0.39, 0.29) is 12.0 Å². The van der Waals surface area contributed by atoms with Gasteiger partial charge in [0.15, 0.2) is 0 Å². The van der Waals surface area contributed by atoms with Crippen LogP contribution in [0.5, 0.6) is 5.75 Å². The number of ether oxygens (including phenoxy) is 1. The molecule has 0 aliphatic heterocycles. The van der Waals surface area contributed by atoms with Crippen LogP contribution in [0.1, 0.15) is 46.5 Å². The van der Waals surface area contributed by atoms with Crippen LogP contribution in [0, 0.1) is 5.92 Å². The monoisotopic (exact) mass is 421 g/mol. The predicted molar refractivity (Wildman–Crippen MR) is 110 cm³/mol. The van der Waals surface area contributed by atoms with Gasteiger partial charge < -0.3 is 4.74 Å². The highest BCUT2D eigenvalue weighted by atomic mass is 35.5. The SMILES string of the molecule is CC(C)(C)S(=O)N[C@@H](CCCCl)[C@@H](CCCCl)C(=O)Oc1ccccc1. The van der Waals surface area contributed by atoms with Crippen molar-refractivity contribution in [2.24, 2.45) is 5.92 Å². The number of hydrogen-bond donors (Lipinski definition) is 1. The molecule has 0 aromatic heterocycles. The molecule has 0 spiro atoms. The van der Waals surface area contributed by atoms with Crippen LogP contribution in [-0.4, -0.2) is 32.7 Å². The lowest BCUT2D eigenvalue weighted by Gasteiger charge is -2.29. The van der Waals surface area contributed by atoms with E-state index in [4.69, 9.17) is 27.9 Å². The molecular formula is C19H29Cl2NO3S. The number of para-hydroxylation sites is 1. The topological polar surface area (TPSA) is 55.4 Å². The van der Waals surface area contributed by atoms with Crippen molar-refractivity contribution in [2.45, 2.75) is 57.2 Å². The number of rotatable bonds is 11. The Morgan fingerprint density at radius 2 is 1.69 bits per heavy atom. The maximum absolute atomic E-state index is 12.8. The van der Waals surface area contributed by atoms with Crippen molar-refractivity contribution in [3.8, 4) is 5.75 Å². The summed E-state index contributed by atoms with van der Waals surface area (Å²) in [5.74, 6) is 0.667. The summed E-state index contributed by atoms with van der Waals surface area (Å²) >= 11 is 11.7. The van der Waals surface area contributed by atoms with E-state index in [1.54, 1.807) is 12.1 Å². The fourth-order valence-corrected chi connectivity index (χ4v) is 3.63. The fraction of sp³-hybridized carbons (Fsp3) is 0.632. The number of nitrogens with one attached hydrogen (secondary N) is 1. The largest absolute Gasteiger partial charge is 0.426 e. The van der Waals surface area contributed by atoms with E-state index in [2.05, 4.69) is 4.72 Å². The van der Waals surface area contributed by atoms with Crippen LogP contribution in [0.2, 0.25) is 0 Å². The molecule has 0 bridgehead atoms. The standard InChI is InChI=1S/C19H29Cl2NO3S/c1-19(2,3)26(24)22-17(12-8-14-21)16(11-7-13-20)18(23)25-15-9-5-4-6-10-15/h4-6,9-10,16-17,22H,7-8,11-14H2,1-3H3/t16-,17+,26?/m1/s1. The van der Waals surface area contributed by atoms with Crippen LogP contribution < -0.4 is 9.46 Å². The quantitative estimate of drug-likeness (QED) is 0.320. The molecule has 4 nitrogen and oxygen atoms in total. The van der Waals surface area contributed by atoms with Gasteiger partial charge in [-0.3, -0.25) is 4.79 Å². The lowest BCUT2D eigenvalue weighted by atomic mass is 9.92. The molecule has 1 aromatic rings. The van der Waals surface area contributed by atoms with E-state index >= 15 is 0 Å². The van der Waals surface area contributed by atoms with Gasteiger partial charge in [-0.05, 0) is 58.6 Å². The molecule has 26 heavy (non-hydrogen) atoms. The Kier molecular flexibility index (Phi) is 10.8. The Bertz CT molecular complexity index is 564. The van der Waals surface area contributed by atoms with Gasteiger partial charge in [-0.15, -0.1) is 23.2 Å². The molecule has 0 saturated carbocycles. The zero-order valence-electron chi connectivity index (χ0n) is 15.7. The van der Waals surface area contributed by atoms with E-state index in [1.165, 1.54) is 0 Å². The van der Waals surface area contributed by atoms with Crippen molar-refractivity contribution in [3.05, 3.63) is 30.3 Å². The van der Waals surface area contributed by atoms with Crippen LogP contribution in [0.3, 0.4) is 0 Å². The van der Waals surface area contributed by atoms with Gasteiger partial charge in [0.25, 0.3) is 0 Å². The predicted octanol–water partition coefficient (Wildman–Crippen LogP) is 4.67. The first-order valence-electron chi connectivity index (χ1n) is 8.86. The van der Waals surface area contributed by atoms with Gasteiger partial charge in [0, 0.05) is 17.8 Å². The number of alkyl halides is 2. The summed E-state index contributed by atoms with van der Waals surface area (Å²) in [5.41, 5.74) is 0. The molecule has 1 aromatic carbocycles. The molecular weight excluding hydrogens is 393 g/mol. The molecule has 1 rings (SSSR count). The zero-order valence-corrected chi connectivity index (χ0v) is 18.0. The molecule has 1 N–H and O–H groups in total. The minimum absolute atomic E-state index is 0.284. The van der Waals surface area contributed by atoms with Crippen LogP contribution in [-0.2, 0) is 15.8 Å². The lowest BCUT2D eigenvalue weighted by Crippen LogP contribution is -2.46. The third kappa shape index (κ3) is 8.38. The van der Waals surface area contributed by atoms with Gasteiger partial charge in [-0.1, -0.05) is 18.2 Å². The van der Waals surface area contributed by atoms with Gasteiger partial charge in [0.1, 0.15) is 5.75 Å². The smallest absolute Gasteiger partial charge is 0.315 e. The van der Waals surface area contributed by atoms with Crippen LogP contribution in [0.4, 0.5) is 0 Å². The lowest BCUT2D eigenvalue weighted by molar-refractivity contribution is -0.140. The average Bonchev–Trinajstić information content (AvgIpc) is 2.59. The Morgan fingerprint density at radius 1 is 1.12 bits per heavy atom. The van der Waals surface area contributed by atoms with Gasteiger partial charge in [0.2, 0.25) is 0 Å². The number of hydrogen-bond acceptors (Lipinski definition) is 3. The minimum Gasteiger partial charge on any atom is -0.426 e. The average molecular weight is 422 g/mol. The molecule has 0 radical (unpaired) electrons. The highest BCUT2D eigenvalue weighted by Gasteiger charge is 2.32. The number of esters is 1. The second-order valence-electron chi connectivity index (χ2n) is 7.11. The third-order valence-corrected chi connectivity index (χ3v) is 6.03. The highest BCUT2D eigenvalue weighted by Crippen LogP contribution is 2.23. The summed E-state index contributed by atoms with van der Waals surface area (Å²) < 4.78 is 20.8. The van der Waals surface area contributed by atoms with E-state index in [9.17, 15) is 9.00 Å². The molecule has 0 saturated heterocycles. The van der Waals surface area contributed by atoms with Gasteiger partial charge in [0.05, 0.1) is 21.7 Å². The van der Waals surface area contributed by atoms with Crippen LogP contribution >= 0.6 is 23.2 Å². The Hall–Kier alpha value is -0.620. The number of carbonyl (C=O) groups excluding carboxylic acids is 1. The molecule has 0 fully saturated rings. The summed E-state index contributed by atoms with van der Waals surface area (Å²) in [5, 5.41) is 0. The molecule has 0 aliphatic carbocycles. The van der Waals surface area contributed by atoms with Crippen LogP contribution in [0.25, 0.3) is 0 Å². The van der Waals surface area contributed by atoms with Crippen molar-refractivity contribution in [3.63, 3.8) is 0 Å². The van der Waals surface area contributed by atoms with Crippen molar-refractivity contribution in [2.75, 3.05) is 11.8 Å².